The molecule has 3 unspecified atom stereocenters. The van der Waals surface area contributed by atoms with Crippen molar-refractivity contribution in [2.24, 2.45) is 29.4 Å². The number of nitrogens with two attached hydrogens (primary N) is 1. The van der Waals surface area contributed by atoms with Gasteiger partial charge in [0.15, 0.2) is 11.6 Å². The molecule has 0 aromatic heterocycles. The van der Waals surface area contributed by atoms with E-state index in [0.29, 0.717) is 23.8 Å². The van der Waals surface area contributed by atoms with Crippen molar-refractivity contribution in [3.8, 4) is 5.75 Å². The van der Waals surface area contributed by atoms with Gasteiger partial charge in [0.25, 0.3) is 0 Å². The second-order valence-electron chi connectivity index (χ2n) is 9.61. The predicted octanol–water partition coefficient (Wildman–Crippen LogP) is 1.85. The Morgan fingerprint density at radius 2 is 1.85 bits per heavy atom. The van der Waals surface area contributed by atoms with Gasteiger partial charge in [0.05, 0.1) is 17.6 Å². The van der Waals surface area contributed by atoms with Crippen molar-refractivity contribution in [3.05, 3.63) is 46.7 Å². The second-order valence-corrected chi connectivity index (χ2v) is 9.61. The number of Topliss-reactive ketones (excluding diaryl/α,β-unsaturated/α-hetero) is 2. The van der Waals surface area contributed by atoms with Crippen LogP contribution in [0.5, 0.6) is 5.75 Å². The van der Waals surface area contributed by atoms with Crippen molar-refractivity contribution in [1.29, 1.82) is 0 Å². The van der Waals surface area contributed by atoms with Crippen molar-refractivity contribution in [2.45, 2.75) is 25.4 Å². The summed E-state index contributed by atoms with van der Waals surface area (Å²) in [7, 11) is 3.81. The van der Waals surface area contributed by atoms with E-state index in [0.717, 1.165) is 11.1 Å². The normalized spacial score (nSPS) is 28.9. The Morgan fingerprint density at radius 1 is 1.12 bits per heavy atom. The molecule has 0 aliphatic heterocycles. The van der Waals surface area contributed by atoms with Crippen LogP contribution < -0.4 is 10.6 Å². The van der Waals surface area contributed by atoms with Gasteiger partial charge in [-0.1, -0.05) is 12.1 Å². The summed E-state index contributed by atoms with van der Waals surface area (Å²) in [6, 6.07) is 7.40. The van der Waals surface area contributed by atoms with Gasteiger partial charge in [-0.2, -0.15) is 0 Å². The number of amides is 1. The molecule has 3 aliphatic carbocycles. The number of fused-ring (bicyclic) bond motifs is 4. The molecule has 2 aromatic rings. The lowest BCUT2D eigenvalue weighted by atomic mass is 9.60. The van der Waals surface area contributed by atoms with Crippen molar-refractivity contribution in [3.63, 3.8) is 0 Å². The van der Waals surface area contributed by atoms with Gasteiger partial charge < -0.3 is 26.0 Å². The smallest absolute Gasteiger partial charge is 0.230 e. The molecule has 1 amide bonds. The molecule has 1 saturated carbocycles. The number of hydrogen-bond acceptors (Lipinski definition) is 7. The largest absolute Gasteiger partial charge is 0.511 e. The minimum atomic E-state index is -1.40. The maximum Gasteiger partial charge on any atom is 0.230 e. The molecule has 172 valence electrons. The zero-order chi connectivity index (χ0) is 23.8. The third-order valence-electron chi connectivity index (χ3n) is 7.52. The molecule has 2 aromatic carbocycles. The molecule has 0 heterocycles. The van der Waals surface area contributed by atoms with Crippen molar-refractivity contribution in [1.82, 2.24) is 0 Å². The third kappa shape index (κ3) is 2.97. The Morgan fingerprint density at radius 3 is 2.52 bits per heavy atom. The molecule has 8 heteroatoms. The summed E-state index contributed by atoms with van der Waals surface area (Å²) in [4.78, 5) is 40.2. The number of ketones is 2. The summed E-state index contributed by atoms with van der Waals surface area (Å²) in [5.74, 6) is -5.77. The topological polar surface area (TPSA) is 141 Å². The number of phenols is 1. The van der Waals surface area contributed by atoms with Crippen LogP contribution in [0.3, 0.4) is 0 Å². The first kappa shape index (κ1) is 21.5. The Balaban J connectivity index is 1.66. The van der Waals surface area contributed by atoms with Gasteiger partial charge in [0, 0.05) is 36.1 Å². The van der Waals surface area contributed by atoms with E-state index in [1.807, 2.05) is 31.1 Å². The lowest BCUT2D eigenvalue weighted by molar-refractivity contribution is -0.146. The summed E-state index contributed by atoms with van der Waals surface area (Å²) < 4.78 is 0. The van der Waals surface area contributed by atoms with E-state index in [2.05, 4.69) is 0 Å². The minimum absolute atomic E-state index is 0.120. The molecule has 8 nitrogen and oxygen atoms in total. The highest BCUT2D eigenvalue weighted by atomic mass is 16.3. The van der Waals surface area contributed by atoms with Crippen LogP contribution in [0.2, 0.25) is 0 Å². The molecule has 0 spiro atoms. The van der Waals surface area contributed by atoms with E-state index in [-0.39, 0.29) is 35.0 Å². The van der Waals surface area contributed by atoms with Crippen LogP contribution in [0.25, 0.3) is 10.8 Å². The molecule has 33 heavy (non-hydrogen) atoms. The molecular formula is C25H26N2O6. The van der Waals surface area contributed by atoms with Gasteiger partial charge in [0.2, 0.25) is 5.91 Å². The predicted molar refractivity (Wildman–Crippen MR) is 121 cm³/mol. The van der Waals surface area contributed by atoms with E-state index in [9.17, 15) is 29.7 Å². The number of phenolic OH excluding ortho intramolecular Hbond substituents is 1. The Kier molecular flexibility index (Phi) is 4.75. The number of carbonyl (C=O) groups excluding carboxylic acids is 3. The van der Waals surface area contributed by atoms with Crippen molar-refractivity contribution >= 4 is 33.9 Å². The number of benzene rings is 2. The van der Waals surface area contributed by atoms with E-state index in [1.165, 1.54) is 0 Å². The standard InChI is InChI=1S/C25H26N2O6/c1-27(2)15-5-3-4-13-14(15)8-11-6-10-7-12-9-16(28)20(25(26)33)24(32)19(12)23(31)18(10)22(30)17(11)21(13)29/h3-5,8,10,12,16,19-20,28-29,31H,6-7,9H2,1-2H3,(H2,26,33)/t10-,12-,16?,19?,20?/m0/s1. The molecule has 0 bridgehead atoms. The number of aliphatic hydroxyl groups is 2. The number of aromatic hydroxyl groups is 1. The van der Waals surface area contributed by atoms with Crippen LogP contribution in [0, 0.1) is 23.7 Å². The molecule has 0 radical (unpaired) electrons. The van der Waals surface area contributed by atoms with Gasteiger partial charge in [-0.05, 0) is 48.8 Å². The van der Waals surface area contributed by atoms with Gasteiger partial charge in [-0.25, -0.2) is 0 Å². The van der Waals surface area contributed by atoms with Crippen LogP contribution in [0.1, 0.15) is 28.8 Å². The number of allylic oxidation sites excluding steroid dienone is 2. The number of anilines is 1. The Hall–Kier alpha value is -3.39. The fourth-order valence-corrected chi connectivity index (χ4v) is 6.11. The number of aliphatic hydroxyl groups excluding tert-OH is 2. The van der Waals surface area contributed by atoms with Crippen molar-refractivity contribution in [2.75, 3.05) is 19.0 Å². The summed E-state index contributed by atoms with van der Waals surface area (Å²) in [6.45, 7) is 0. The number of carbonyl (C=O) groups is 3. The number of hydrogen-bond donors (Lipinski definition) is 4. The zero-order valence-electron chi connectivity index (χ0n) is 18.4. The van der Waals surface area contributed by atoms with Crippen molar-refractivity contribution < 1.29 is 29.7 Å². The highest BCUT2D eigenvalue weighted by Crippen LogP contribution is 2.50. The van der Waals surface area contributed by atoms with E-state index >= 15 is 0 Å². The maximum absolute atomic E-state index is 13.6. The monoisotopic (exact) mass is 450 g/mol. The molecule has 5 atom stereocenters. The lowest BCUT2D eigenvalue weighted by Gasteiger charge is -2.43. The first-order valence-corrected chi connectivity index (χ1v) is 11.1. The number of nitrogens with zero attached hydrogens (tertiary/aromatic N) is 1. The van der Waals surface area contributed by atoms with Gasteiger partial charge >= 0.3 is 0 Å². The summed E-state index contributed by atoms with van der Waals surface area (Å²) >= 11 is 0. The average Bonchev–Trinajstić information content (AvgIpc) is 2.72. The first-order chi connectivity index (χ1) is 15.6. The van der Waals surface area contributed by atoms with E-state index in [4.69, 9.17) is 5.73 Å². The van der Waals surface area contributed by atoms with Gasteiger partial charge in [-0.15, -0.1) is 0 Å². The number of rotatable bonds is 2. The van der Waals surface area contributed by atoms with E-state index in [1.54, 1.807) is 12.1 Å². The molecule has 3 aliphatic rings. The summed E-state index contributed by atoms with van der Waals surface area (Å²) in [5.41, 5.74) is 7.18. The number of primary amides is 1. The third-order valence-corrected chi connectivity index (χ3v) is 7.52. The zero-order valence-corrected chi connectivity index (χ0v) is 18.4. The first-order valence-electron chi connectivity index (χ1n) is 11.1. The quantitative estimate of drug-likeness (QED) is 0.512. The highest BCUT2D eigenvalue weighted by Gasteiger charge is 2.53. The highest BCUT2D eigenvalue weighted by molar-refractivity contribution is 6.17. The molecule has 0 saturated heterocycles. The second kappa shape index (κ2) is 7.31. The van der Waals surface area contributed by atoms with Gasteiger partial charge in [0.1, 0.15) is 17.4 Å². The Bertz CT molecular complexity index is 1260. The van der Waals surface area contributed by atoms with Crippen LogP contribution in [0.15, 0.2) is 35.6 Å². The van der Waals surface area contributed by atoms with Crippen LogP contribution >= 0.6 is 0 Å². The molecule has 5 N–H and O–H groups in total. The summed E-state index contributed by atoms with van der Waals surface area (Å²) in [5, 5.41) is 33.9. The SMILES string of the molecule is CN(C)c1cccc2c(O)c3c(cc12)C[C@H]1C[C@H]2CC(O)C(C(N)=O)C(=O)C2C(O)=C1C3=O. The lowest BCUT2D eigenvalue weighted by Crippen LogP contribution is -2.52. The molecular weight excluding hydrogens is 424 g/mol. The fraction of sp³-hybridized carbons (Fsp3) is 0.400. The molecule has 1 fully saturated rings. The van der Waals surface area contributed by atoms with Crippen LogP contribution in [0.4, 0.5) is 5.69 Å². The Labute approximate surface area is 190 Å². The maximum atomic E-state index is 13.6. The minimum Gasteiger partial charge on any atom is -0.511 e. The molecule has 5 rings (SSSR count). The fourth-order valence-electron chi connectivity index (χ4n) is 6.11. The van der Waals surface area contributed by atoms with Gasteiger partial charge in [-0.3, -0.25) is 14.4 Å². The van der Waals surface area contributed by atoms with E-state index < -0.39 is 41.3 Å². The average molecular weight is 450 g/mol. The summed E-state index contributed by atoms with van der Waals surface area (Å²) in [6.07, 6.45) is -0.226. The van der Waals surface area contributed by atoms with Crippen LogP contribution in [-0.4, -0.2) is 53.0 Å². The van der Waals surface area contributed by atoms with Crippen LogP contribution in [-0.2, 0) is 16.0 Å².